The number of H-pyrrole nitrogens is 1. The van der Waals surface area contributed by atoms with E-state index in [0.29, 0.717) is 11.2 Å². The molecular formula is C14H12N2O2S. The topological polar surface area (TPSA) is 76.0 Å². The van der Waals surface area contributed by atoms with Gasteiger partial charge in [-0.15, -0.1) is 0 Å². The maximum absolute atomic E-state index is 12.4. The number of hydrogen-bond donors (Lipinski definition) is 2. The number of nitrogens with two attached hydrogens (primary N) is 1. The standard InChI is InChI=1S/C14H12N2O2S/c15-12-8-4-5-10-9-13(16-14(10)12)19(17,18)11-6-2-1-3-7-11/h1-9,16H,15H2. The van der Waals surface area contributed by atoms with E-state index in [0.717, 1.165) is 5.39 Å². The van der Waals surface area contributed by atoms with Crippen LogP contribution in [0.4, 0.5) is 5.69 Å². The SMILES string of the molecule is Nc1cccc2cc(S(=O)(=O)c3ccccc3)[nH]c12. The minimum atomic E-state index is -3.53. The van der Waals surface area contributed by atoms with Crippen molar-refractivity contribution in [2.45, 2.75) is 9.92 Å². The first-order valence-electron chi connectivity index (χ1n) is 5.76. The van der Waals surface area contributed by atoms with Gasteiger partial charge < -0.3 is 10.7 Å². The second-order valence-corrected chi connectivity index (χ2v) is 6.18. The lowest BCUT2D eigenvalue weighted by atomic mass is 10.2. The third-order valence-electron chi connectivity index (χ3n) is 3.01. The van der Waals surface area contributed by atoms with E-state index >= 15 is 0 Å². The molecule has 2 aromatic carbocycles. The predicted molar refractivity (Wildman–Crippen MR) is 74.6 cm³/mol. The number of hydrogen-bond acceptors (Lipinski definition) is 3. The highest BCUT2D eigenvalue weighted by Crippen LogP contribution is 2.26. The molecule has 96 valence electrons. The second kappa shape index (κ2) is 4.13. The monoisotopic (exact) mass is 272 g/mol. The summed E-state index contributed by atoms with van der Waals surface area (Å²) in [7, 11) is -3.53. The molecule has 0 saturated carbocycles. The Balaban J connectivity index is 2.22. The van der Waals surface area contributed by atoms with Crippen molar-refractivity contribution in [3.05, 3.63) is 54.6 Å². The van der Waals surface area contributed by atoms with Gasteiger partial charge in [0.15, 0.2) is 0 Å². The lowest BCUT2D eigenvalue weighted by Gasteiger charge is -2.01. The number of para-hydroxylation sites is 1. The van der Waals surface area contributed by atoms with E-state index in [1.165, 1.54) is 0 Å². The van der Waals surface area contributed by atoms with Crippen LogP contribution in [0.15, 0.2) is 64.5 Å². The van der Waals surface area contributed by atoms with Crippen molar-refractivity contribution >= 4 is 26.4 Å². The summed E-state index contributed by atoms with van der Waals surface area (Å²) < 4.78 is 24.9. The summed E-state index contributed by atoms with van der Waals surface area (Å²) in [5.41, 5.74) is 7.01. The minimum absolute atomic E-state index is 0.159. The molecule has 0 aliphatic rings. The minimum Gasteiger partial charge on any atom is -0.397 e. The summed E-state index contributed by atoms with van der Waals surface area (Å²) in [4.78, 5) is 3.15. The molecule has 3 aromatic rings. The Morgan fingerprint density at radius 2 is 1.68 bits per heavy atom. The lowest BCUT2D eigenvalue weighted by Crippen LogP contribution is -2.01. The lowest BCUT2D eigenvalue weighted by molar-refractivity contribution is 0.593. The van der Waals surface area contributed by atoms with Gasteiger partial charge in [-0.1, -0.05) is 30.3 Å². The van der Waals surface area contributed by atoms with Crippen molar-refractivity contribution in [1.29, 1.82) is 0 Å². The van der Waals surface area contributed by atoms with Crippen molar-refractivity contribution in [3.8, 4) is 0 Å². The molecule has 1 aromatic heterocycles. The Kier molecular flexibility index (Phi) is 2.57. The van der Waals surface area contributed by atoms with Crippen LogP contribution in [0.1, 0.15) is 0 Å². The third-order valence-corrected chi connectivity index (χ3v) is 4.70. The van der Waals surface area contributed by atoms with Crippen LogP contribution in [0.25, 0.3) is 10.9 Å². The average Bonchev–Trinajstić information content (AvgIpc) is 2.86. The number of nitrogens with one attached hydrogen (secondary N) is 1. The molecule has 0 unspecified atom stereocenters. The Hall–Kier alpha value is -2.27. The van der Waals surface area contributed by atoms with Gasteiger partial charge in [0.25, 0.3) is 0 Å². The number of rotatable bonds is 2. The third kappa shape index (κ3) is 1.88. The van der Waals surface area contributed by atoms with Crippen molar-refractivity contribution in [2.24, 2.45) is 0 Å². The van der Waals surface area contributed by atoms with Crippen LogP contribution in [-0.2, 0) is 9.84 Å². The molecule has 0 bridgehead atoms. The first kappa shape index (κ1) is 11.8. The fraction of sp³-hybridized carbons (Fsp3) is 0. The highest BCUT2D eigenvalue weighted by Gasteiger charge is 2.19. The largest absolute Gasteiger partial charge is 0.397 e. The molecule has 4 nitrogen and oxygen atoms in total. The van der Waals surface area contributed by atoms with E-state index in [4.69, 9.17) is 5.73 Å². The fourth-order valence-electron chi connectivity index (χ4n) is 2.03. The smallest absolute Gasteiger partial charge is 0.221 e. The zero-order valence-electron chi connectivity index (χ0n) is 10.00. The Bertz CT molecular complexity index is 836. The zero-order valence-corrected chi connectivity index (χ0v) is 10.8. The van der Waals surface area contributed by atoms with Gasteiger partial charge in [0, 0.05) is 5.39 Å². The Morgan fingerprint density at radius 3 is 2.37 bits per heavy atom. The molecule has 3 N–H and O–H groups in total. The van der Waals surface area contributed by atoms with Gasteiger partial charge in [0.2, 0.25) is 9.84 Å². The average molecular weight is 272 g/mol. The molecule has 0 amide bonds. The molecule has 0 saturated heterocycles. The van der Waals surface area contributed by atoms with Gasteiger partial charge in [-0.3, -0.25) is 0 Å². The van der Waals surface area contributed by atoms with Crippen molar-refractivity contribution in [2.75, 3.05) is 5.73 Å². The summed E-state index contributed by atoms with van der Waals surface area (Å²) in [6.07, 6.45) is 0. The molecule has 0 radical (unpaired) electrons. The van der Waals surface area contributed by atoms with Crippen molar-refractivity contribution < 1.29 is 8.42 Å². The number of nitrogen functional groups attached to an aromatic ring is 1. The molecule has 1 heterocycles. The van der Waals surface area contributed by atoms with Crippen molar-refractivity contribution in [1.82, 2.24) is 4.98 Å². The number of aromatic nitrogens is 1. The Labute approximate surface area is 110 Å². The van der Waals surface area contributed by atoms with Gasteiger partial charge in [-0.25, -0.2) is 8.42 Å². The summed E-state index contributed by atoms with van der Waals surface area (Å²) in [5, 5.41) is 0.945. The van der Waals surface area contributed by atoms with E-state index in [9.17, 15) is 8.42 Å². The van der Waals surface area contributed by atoms with Crippen molar-refractivity contribution in [3.63, 3.8) is 0 Å². The molecule has 5 heteroatoms. The van der Waals surface area contributed by atoms with Crippen LogP contribution >= 0.6 is 0 Å². The van der Waals surface area contributed by atoms with Gasteiger partial charge in [0.05, 0.1) is 16.1 Å². The number of anilines is 1. The fourth-order valence-corrected chi connectivity index (χ4v) is 3.31. The Morgan fingerprint density at radius 1 is 0.947 bits per heavy atom. The van der Waals surface area contributed by atoms with Gasteiger partial charge in [-0.2, -0.15) is 0 Å². The number of aromatic amines is 1. The summed E-state index contributed by atoms with van der Waals surface area (Å²) in [6, 6.07) is 15.3. The highest BCUT2D eigenvalue weighted by atomic mass is 32.2. The van der Waals surface area contributed by atoms with E-state index in [2.05, 4.69) is 4.98 Å². The summed E-state index contributed by atoms with van der Waals surface area (Å²) in [5.74, 6) is 0. The van der Waals surface area contributed by atoms with Crippen LogP contribution in [0, 0.1) is 0 Å². The molecule has 0 aliphatic heterocycles. The number of fused-ring (bicyclic) bond motifs is 1. The maximum atomic E-state index is 12.4. The molecule has 3 rings (SSSR count). The first-order chi connectivity index (χ1) is 9.09. The summed E-state index contributed by atoms with van der Waals surface area (Å²) >= 11 is 0. The zero-order chi connectivity index (χ0) is 13.5. The van der Waals surface area contributed by atoms with E-state index in [1.54, 1.807) is 48.5 Å². The number of benzene rings is 2. The molecule has 19 heavy (non-hydrogen) atoms. The maximum Gasteiger partial charge on any atom is 0.221 e. The van der Waals surface area contributed by atoms with E-state index in [1.807, 2.05) is 6.07 Å². The van der Waals surface area contributed by atoms with Gasteiger partial charge in [0.1, 0.15) is 5.03 Å². The number of sulfone groups is 1. The second-order valence-electron chi connectivity index (χ2n) is 4.26. The van der Waals surface area contributed by atoms with Gasteiger partial charge >= 0.3 is 0 Å². The van der Waals surface area contributed by atoms with Crippen LogP contribution in [0.3, 0.4) is 0 Å². The predicted octanol–water partition coefficient (Wildman–Crippen LogP) is 2.58. The molecule has 0 fully saturated rings. The molecule has 0 spiro atoms. The first-order valence-corrected chi connectivity index (χ1v) is 7.25. The van der Waals surface area contributed by atoms with Crippen LogP contribution in [-0.4, -0.2) is 13.4 Å². The van der Waals surface area contributed by atoms with Crippen LogP contribution in [0.5, 0.6) is 0 Å². The molecule has 0 atom stereocenters. The molecule has 0 aliphatic carbocycles. The van der Waals surface area contributed by atoms with Crippen LogP contribution < -0.4 is 5.73 Å². The van der Waals surface area contributed by atoms with E-state index < -0.39 is 9.84 Å². The molecular weight excluding hydrogens is 260 g/mol. The normalized spacial score (nSPS) is 11.8. The quantitative estimate of drug-likeness (QED) is 0.704. The van der Waals surface area contributed by atoms with Crippen LogP contribution in [0.2, 0.25) is 0 Å². The summed E-state index contributed by atoms with van der Waals surface area (Å²) in [6.45, 7) is 0. The highest BCUT2D eigenvalue weighted by molar-refractivity contribution is 7.91. The van der Waals surface area contributed by atoms with Gasteiger partial charge in [-0.05, 0) is 24.3 Å². The van der Waals surface area contributed by atoms with E-state index in [-0.39, 0.29) is 9.92 Å².